The number of rotatable bonds is 10. The van der Waals surface area contributed by atoms with Crippen molar-refractivity contribution in [2.24, 2.45) is 0 Å². The van der Waals surface area contributed by atoms with Gasteiger partial charge in [0.2, 0.25) is 10.0 Å². The van der Waals surface area contributed by atoms with Crippen molar-refractivity contribution in [3.63, 3.8) is 0 Å². The summed E-state index contributed by atoms with van der Waals surface area (Å²) in [5.41, 5.74) is 2.70. The quantitative estimate of drug-likeness (QED) is 0.227. The first-order valence-electron chi connectivity index (χ1n) is 12.0. The van der Waals surface area contributed by atoms with Crippen LogP contribution in [0.2, 0.25) is 0 Å². The lowest BCUT2D eigenvalue weighted by Gasteiger charge is -2.19. The van der Waals surface area contributed by atoms with E-state index in [4.69, 9.17) is 0 Å². The molecular weight excluding hydrogens is 506 g/mol. The highest BCUT2D eigenvalue weighted by atomic mass is 32.2. The van der Waals surface area contributed by atoms with Gasteiger partial charge in [-0.15, -0.1) is 0 Å². The predicted octanol–water partition coefficient (Wildman–Crippen LogP) is 4.10. The molecule has 4 rings (SSSR count). The lowest BCUT2D eigenvalue weighted by Crippen LogP contribution is -2.29. The molecule has 0 saturated carbocycles. The summed E-state index contributed by atoms with van der Waals surface area (Å²) in [6.07, 6.45) is 0.706. The van der Waals surface area contributed by atoms with E-state index in [1.807, 2.05) is 49.3 Å². The fourth-order valence-electron chi connectivity index (χ4n) is 4.17. The average Bonchev–Trinajstić information content (AvgIpc) is 3.22. The number of carbonyl (C=O) groups excluding carboxylic acids is 1. The molecule has 1 aliphatic rings. The second-order valence-electron chi connectivity index (χ2n) is 9.19. The van der Waals surface area contributed by atoms with E-state index in [0.29, 0.717) is 41.2 Å². The Morgan fingerprint density at radius 3 is 2.29 bits per heavy atom. The normalized spacial score (nSPS) is 14.4. The van der Waals surface area contributed by atoms with Crippen LogP contribution in [0.1, 0.15) is 17.5 Å². The van der Waals surface area contributed by atoms with Gasteiger partial charge in [0.05, 0.1) is 21.1 Å². The first kappa shape index (κ1) is 27.0. The molecule has 1 aliphatic heterocycles. The first-order valence-corrected chi connectivity index (χ1v) is 13.4. The Morgan fingerprint density at radius 2 is 1.66 bits per heavy atom. The number of sulfonamides is 1. The first-order chi connectivity index (χ1) is 18.1. The number of benzene rings is 3. The van der Waals surface area contributed by atoms with Gasteiger partial charge in [-0.1, -0.05) is 30.3 Å². The minimum absolute atomic E-state index is 0.130. The maximum absolute atomic E-state index is 13.0. The molecule has 0 aliphatic carbocycles. The molecule has 0 radical (unpaired) electrons. The molecule has 3 aromatic carbocycles. The number of nitro groups is 1. The fourth-order valence-corrected chi connectivity index (χ4v) is 5.37. The third kappa shape index (κ3) is 5.75. The van der Waals surface area contributed by atoms with Crippen molar-refractivity contribution in [3.05, 3.63) is 94.0 Å². The van der Waals surface area contributed by atoms with Crippen molar-refractivity contribution in [2.75, 3.05) is 44.9 Å². The molecule has 0 unspecified atom stereocenters. The largest absolute Gasteiger partial charge is 0.354 e. The predicted molar refractivity (Wildman–Crippen MR) is 148 cm³/mol. The molecule has 0 fully saturated rings. The Hall–Kier alpha value is -4.06. The number of nitro benzene ring substituents is 1. The molecule has 0 aromatic heterocycles. The van der Waals surface area contributed by atoms with Crippen LogP contribution in [0.15, 0.2) is 77.7 Å². The Bertz CT molecular complexity index is 1490. The van der Waals surface area contributed by atoms with Gasteiger partial charge in [0.25, 0.3) is 11.6 Å². The van der Waals surface area contributed by atoms with Gasteiger partial charge in [-0.2, -0.15) is 0 Å². The van der Waals surface area contributed by atoms with Gasteiger partial charge in [-0.3, -0.25) is 14.9 Å². The van der Waals surface area contributed by atoms with Crippen LogP contribution in [-0.4, -0.2) is 62.7 Å². The van der Waals surface area contributed by atoms with Crippen LogP contribution >= 0.6 is 0 Å². The molecule has 11 heteroatoms. The van der Waals surface area contributed by atoms with Crippen molar-refractivity contribution in [2.45, 2.75) is 11.3 Å². The van der Waals surface area contributed by atoms with E-state index in [0.717, 1.165) is 6.54 Å². The molecule has 2 N–H and O–H groups in total. The Kier molecular flexibility index (Phi) is 7.91. The van der Waals surface area contributed by atoms with Crippen LogP contribution in [0.5, 0.6) is 0 Å². The topological polar surface area (TPSA) is 125 Å². The summed E-state index contributed by atoms with van der Waals surface area (Å²) in [7, 11) is 1.77. The van der Waals surface area contributed by atoms with Gasteiger partial charge < -0.3 is 15.5 Å². The number of carbonyl (C=O) groups is 1. The molecular formula is C27H29N5O5S. The molecule has 3 aromatic rings. The molecule has 1 amide bonds. The third-order valence-corrected chi connectivity index (χ3v) is 8.05. The zero-order chi connectivity index (χ0) is 27.4. The lowest BCUT2D eigenvalue weighted by atomic mass is 9.99. The number of hydrogen-bond acceptors (Lipinski definition) is 7. The third-order valence-electron chi connectivity index (χ3n) is 6.18. The van der Waals surface area contributed by atoms with Crippen LogP contribution in [0.4, 0.5) is 17.1 Å². The molecule has 198 valence electrons. The fraction of sp³-hybridized carbons (Fsp3) is 0.222. The molecule has 0 bridgehead atoms. The average molecular weight is 536 g/mol. The molecule has 0 spiro atoms. The minimum Gasteiger partial charge on any atom is -0.354 e. The van der Waals surface area contributed by atoms with Gasteiger partial charge in [-0.25, -0.2) is 12.7 Å². The Balaban J connectivity index is 1.68. The summed E-state index contributed by atoms with van der Waals surface area (Å²) < 4.78 is 27.4. The second kappa shape index (κ2) is 11.1. The zero-order valence-corrected chi connectivity index (χ0v) is 22.2. The second-order valence-corrected chi connectivity index (χ2v) is 11.2. The minimum atomic E-state index is -3.66. The van der Waals surface area contributed by atoms with Crippen LogP contribution < -0.4 is 10.6 Å². The number of anilines is 2. The van der Waals surface area contributed by atoms with Crippen molar-refractivity contribution < 1.29 is 18.1 Å². The Morgan fingerprint density at radius 1 is 0.974 bits per heavy atom. The van der Waals surface area contributed by atoms with Gasteiger partial charge in [0, 0.05) is 42.7 Å². The number of nitrogens with one attached hydrogen (secondary N) is 2. The summed E-state index contributed by atoms with van der Waals surface area (Å²) in [6.45, 7) is 1.17. The number of amides is 1. The van der Waals surface area contributed by atoms with E-state index >= 15 is 0 Å². The van der Waals surface area contributed by atoms with Crippen LogP contribution in [0.25, 0.3) is 11.3 Å². The summed E-state index contributed by atoms with van der Waals surface area (Å²) in [5, 5.41) is 17.4. The van der Waals surface area contributed by atoms with Crippen LogP contribution in [0, 0.1) is 10.1 Å². The summed E-state index contributed by atoms with van der Waals surface area (Å²) in [4.78, 5) is 26.1. The van der Waals surface area contributed by atoms with Crippen molar-refractivity contribution in [1.29, 1.82) is 0 Å². The summed E-state index contributed by atoms with van der Waals surface area (Å²) in [5.74, 6) is -0.398. The number of hydrogen-bond donors (Lipinski definition) is 2. The number of fused-ring (bicyclic) bond motifs is 1. The maximum atomic E-state index is 13.0. The standard InChI is InChI=1S/C27H29N5O5S/c1-30(2)16-7-17-31(3)38(36,37)22-13-10-20(11-14-22)28-26(19-8-5-4-6-9-19)25-23-18-21(32(34)35)12-15-24(23)29-27(25)33/h4-6,8-15,18,28H,7,16-17H2,1-3H3,(H,29,33)/b26-25-. The van der Waals surface area contributed by atoms with Crippen molar-refractivity contribution >= 4 is 44.3 Å². The highest BCUT2D eigenvalue weighted by Gasteiger charge is 2.30. The molecule has 10 nitrogen and oxygen atoms in total. The monoisotopic (exact) mass is 535 g/mol. The highest BCUT2D eigenvalue weighted by Crippen LogP contribution is 2.39. The van der Waals surface area contributed by atoms with E-state index in [-0.39, 0.29) is 16.2 Å². The number of nitrogens with zero attached hydrogens (tertiary/aromatic N) is 3. The van der Waals surface area contributed by atoms with E-state index in [2.05, 4.69) is 10.6 Å². The van der Waals surface area contributed by atoms with Crippen LogP contribution in [-0.2, 0) is 14.8 Å². The molecule has 0 atom stereocenters. The van der Waals surface area contributed by atoms with Gasteiger partial charge >= 0.3 is 0 Å². The number of non-ortho nitro benzene ring substituents is 1. The van der Waals surface area contributed by atoms with Crippen LogP contribution in [0.3, 0.4) is 0 Å². The summed E-state index contributed by atoms with van der Waals surface area (Å²) >= 11 is 0. The highest BCUT2D eigenvalue weighted by molar-refractivity contribution is 7.89. The van der Waals surface area contributed by atoms with E-state index in [1.165, 1.54) is 34.6 Å². The Labute approximate surface area is 221 Å². The zero-order valence-electron chi connectivity index (χ0n) is 21.3. The molecule has 38 heavy (non-hydrogen) atoms. The molecule has 0 saturated heterocycles. The van der Waals surface area contributed by atoms with Gasteiger partial charge in [0.1, 0.15) is 0 Å². The summed E-state index contributed by atoms with van der Waals surface area (Å²) in [6, 6.07) is 19.6. The lowest BCUT2D eigenvalue weighted by molar-refractivity contribution is -0.384. The van der Waals surface area contributed by atoms with E-state index < -0.39 is 20.9 Å². The SMILES string of the molecule is CN(C)CCCN(C)S(=O)(=O)c1ccc(N/C(=C2\C(=O)Nc3ccc([N+](=O)[O-])cc32)c2ccccc2)cc1. The smallest absolute Gasteiger partial charge is 0.270 e. The molecule has 1 heterocycles. The van der Waals surface area contributed by atoms with E-state index in [9.17, 15) is 23.3 Å². The maximum Gasteiger partial charge on any atom is 0.270 e. The van der Waals surface area contributed by atoms with Crippen molar-refractivity contribution in [3.8, 4) is 0 Å². The van der Waals surface area contributed by atoms with Crippen molar-refractivity contribution in [1.82, 2.24) is 9.21 Å². The van der Waals surface area contributed by atoms with Gasteiger partial charge in [0.15, 0.2) is 0 Å². The van der Waals surface area contributed by atoms with Gasteiger partial charge in [-0.05, 0) is 63.0 Å². The van der Waals surface area contributed by atoms with E-state index in [1.54, 1.807) is 19.2 Å².